The summed E-state index contributed by atoms with van der Waals surface area (Å²) in [4.78, 5) is 9.12. The van der Waals surface area contributed by atoms with Crippen molar-refractivity contribution in [2.45, 2.75) is 13.0 Å². The maximum Gasteiger partial charge on any atom is 0.161 e. The first kappa shape index (κ1) is 14.2. The standard InChI is InChI=1S/C14H15BrN4O2/c1-20-12-3-2-8(6-10(12)15)13-17-11-4-5-21-7-9(11)14(18-13)19-16/h2-3,6H,4-5,7,16H2,1H3,(H,17,18,19). The monoisotopic (exact) mass is 350 g/mol. The first-order chi connectivity index (χ1) is 10.2. The second kappa shape index (κ2) is 5.97. The zero-order valence-corrected chi connectivity index (χ0v) is 13.1. The molecule has 1 aromatic carbocycles. The van der Waals surface area contributed by atoms with E-state index in [4.69, 9.17) is 15.3 Å². The Bertz CT molecular complexity index is 661. The molecule has 0 spiro atoms. The summed E-state index contributed by atoms with van der Waals surface area (Å²) in [6, 6.07) is 5.73. The Morgan fingerprint density at radius 1 is 1.38 bits per heavy atom. The van der Waals surface area contributed by atoms with Gasteiger partial charge in [0, 0.05) is 17.5 Å². The first-order valence-corrected chi connectivity index (χ1v) is 7.30. The predicted octanol–water partition coefficient (Wildman–Crippen LogP) is 2.27. The topological polar surface area (TPSA) is 82.3 Å². The lowest BCUT2D eigenvalue weighted by atomic mass is 10.1. The van der Waals surface area contributed by atoms with E-state index in [0.29, 0.717) is 24.9 Å². The maximum atomic E-state index is 5.57. The van der Waals surface area contributed by atoms with E-state index in [1.54, 1.807) is 7.11 Å². The molecule has 0 saturated heterocycles. The van der Waals surface area contributed by atoms with E-state index in [9.17, 15) is 0 Å². The number of nitrogens with zero attached hydrogens (tertiary/aromatic N) is 2. The lowest BCUT2D eigenvalue weighted by Gasteiger charge is -2.19. The van der Waals surface area contributed by atoms with Crippen LogP contribution in [0.2, 0.25) is 0 Å². The first-order valence-electron chi connectivity index (χ1n) is 6.51. The summed E-state index contributed by atoms with van der Waals surface area (Å²) in [5.74, 6) is 7.58. The third-order valence-electron chi connectivity index (χ3n) is 3.37. The summed E-state index contributed by atoms with van der Waals surface area (Å²) in [6.07, 6.45) is 0.761. The van der Waals surface area contributed by atoms with Gasteiger partial charge in [0.05, 0.1) is 30.5 Å². The molecule has 1 aromatic heterocycles. The fourth-order valence-electron chi connectivity index (χ4n) is 2.29. The summed E-state index contributed by atoms with van der Waals surface area (Å²) in [7, 11) is 1.63. The fraction of sp³-hybridized carbons (Fsp3) is 0.286. The predicted molar refractivity (Wildman–Crippen MR) is 82.9 cm³/mol. The second-order valence-electron chi connectivity index (χ2n) is 4.62. The van der Waals surface area contributed by atoms with Crippen LogP contribution in [0.1, 0.15) is 11.3 Å². The number of nitrogen functional groups attached to an aromatic ring is 1. The summed E-state index contributed by atoms with van der Waals surface area (Å²) >= 11 is 3.47. The number of halogens is 1. The summed E-state index contributed by atoms with van der Waals surface area (Å²) in [5, 5.41) is 0. The smallest absolute Gasteiger partial charge is 0.161 e. The average Bonchev–Trinajstić information content (AvgIpc) is 2.53. The highest BCUT2D eigenvalue weighted by Gasteiger charge is 2.18. The molecule has 0 saturated carbocycles. The Kier molecular flexibility index (Phi) is 4.05. The minimum absolute atomic E-state index is 0.488. The minimum Gasteiger partial charge on any atom is -0.496 e. The van der Waals surface area contributed by atoms with Crippen molar-refractivity contribution >= 4 is 21.7 Å². The number of nitrogens with two attached hydrogens (primary N) is 1. The molecule has 110 valence electrons. The number of hydrogen-bond acceptors (Lipinski definition) is 6. The van der Waals surface area contributed by atoms with Crippen LogP contribution in [-0.4, -0.2) is 23.7 Å². The van der Waals surface area contributed by atoms with Crippen molar-refractivity contribution in [3.05, 3.63) is 33.9 Å². The number of fused-ring (bicyclic) bond motifs is 1. The third-order valence-corrected chi connectivity index (χ3v) is 3.99. The molecule has 6 nitrogen and oxygen atoms in total. The molecule has 0 fully saturated rings. The van der Waals surface area contributed by atoms with Crippen molar-refractivity contribution in [3.63, 3.8) is 0 Å². The van der Waals surface area contributed by atoms with Crippen LogP contribution >= 0.6 is 15.9 Å². The van der Waals surface area contributed by atoms with Gasteiger partial charge in [-0.3, -0.25) is 0 Å². The van der Waals surface area contributed by atoms with Crippen molar-refractivity contribution in [2.75, 3.05) is 19.1 Å². The number of benzene rings is 1. The highest BCUT2D eigenvalue weighted by Crippen LogP contribution is 2.31. The molecule has 3 rings (SSSR count). The van der Waals surface area contributed by atoms with Gasteiger partial charge in [0.15, 0.2) is 5.82 Å². The van der Waals surface area contributed by atoms with Crippen LogP contribution in [0.4, 0.5) is 5.82 Å². The Morgan fingerprint density at radius 3 is 2.95 bits per heavy atom. The molecule has 7 heteroatoms. The number of aromatic nitrogens is 2. The van der Waals surface area contributed by atoms with Gasteiger partial charge in [-0.25, -0.2) is 15.8 Å². The molecule has 0 atom stereocenters. The van der Waals surface area contributed by atoms with E-state index in [1.807, 2.05) is 18.2 Å². The molecular formula is C14H15BrN4O2. The number of ether oxygens (including phenoxy) is 2. The molecule has 0 radical (unpaired) electrons. The fourth-order valence-corrected chi connectivity index (χ4v) is 2.83. The van der Waals surface area contributed by atoms with Crippen molar-refractivity contribution in [1.29, 1.82) is 0 Å². The van der Waals surface area contributed by atoms with Gasteiger partial charge in [-0.05, 0) is 34.1 Å². The molecule has 2 heterocycles. The number of methoxy groups -OCH3 is 1. The third kappa shape index (κ3) is 2.72. The van der Waals surface area contributed by atoms with E-state index >= 15 is 0 Å². The molecule has 0 aliphatic carbocycles. The molecule has 3 N–H and O–H groups in total. The summed E-state index contributed by atoms with van der Waals surface area (Å²) in [5.41, 5.74) is 5.44. The summed E-state index contributed by atoms with van der Waals surface area (Å²) in [6.45, 7) is 1.15. The Morgan fingerprint density at radius 2 is 2.24 bits per heavy atom. The lowest BCUT2D eigenvalue weighted by Crippen LogP contribution is -2.19. The zero-order chi connectivity index (χ0) is 14.8. The SMILES string of the molecule is COc1ccc(-c2nc3c(c(NN)n2)COCC3)cc1Br. The number of nitrogens with one attached hydrogen (secondary N) is 1. The average molecular weight is 351 g/mol. The van der Waals surface area contributed by atoms with Gasteiger partial charge in [0.25, 0.3) is 0 Å². The number of anilines is 1. The van der Waals surface area contributed by atoms with Gasteiger partial charge in [-0.15, -0.1) is 0 Å². The highest BCUT2D eigenvalue weighted by molar-refractivity contribution is 9.10. The lowest BCUT2D eigenvalue weighted by molar-refractivity contribution is 0.109. The zero-order valence-electron chi connectivity index (χ0n) is 11.5. The van der Waals surface area contributed by atoms with Gasteiger partial charge in [0.1, 0.15) is 11.6 Å². The van der Waals surface area contributed by atoms with Crippen LogP contribution in [0.15, 0.2) is 22.7 Å². The quantitative estimate of drug-likeness (QED) is 0.652. The second-order valence-corrected chi connectivity index (χ2v) is 5.47. The molecular weight excluding hydrogens is 336 g/mol. The molecule has 0 unspecified atom stereocenters. The highest BCUT2D eigenvalue weighted by atomic mass is 79.9. The molecule has 1 aliphatic heterocycles. The van der Waals surface area contributed by atoms with Gasteiger partial charge < -0.3 is 14.9 Å². The molecule has 1 aliphatic rings. The normalized spacial score (nSPS) is 13.7. The molecule has 21 heavy (non-hydrogen) atoms. The van der Waals surface area contributed by atoms with Crippen LogP contribution in [-0.2, 0) is 17.8 Å². The van der Waals surface area contributed by atoms with E-state index in [0.717, 1.165) is 33.5 Å². The van der Waals surface area contributed by atoms with Gasteiger partial charge in [-0.2, -0.15) is 0 Å². The molecule has 2 aromatic rings. The molecule has 0 amide bonds. The van der Waals surface area contributed by atoms with Gasteiger partial charge in [-0.1, -0.05) is 0 Å². The van der Waals surface area contributed by atoms with Crippen LogP contribution in [0.5, 0.6) is 5.75 Å². The van der Waals surface area contributed by atoms with Crippen LogP contribution < -0.4 is 16.0 Å². The molecule has 0 bridgehead atoms. The van der Waals surface area contributed by atoms with Crippen LogP contribution in [0, 0.1) is 0 Å². The van der Waals surface area contributed by atoms with Crippen molar-refractivity contribution in [3.8, 4) is 17.1 Å². The largest absolute Gasteiger partial charge is 0.496 e. The Labute approximate surface area is 130 Å². The minimum atomic E-state index is 0.488. The Hall–Kier alpha value is -1.70. The van der Waals surface area contributed by atoms with Crippen molar-refractivity contribution < 1.29 is 9.47 Å². The van der Waals surface area contributed by atoms with Crippen LogP contribution in [0.3, 0.4) is 0 Å². The van der Waals surface area contributed by atoms with Crippen molar-refractivity contribution in [2.24, 2.45) is 5.84 Å². The Balaban J connectivity index is 2.08. The summed E-state index contributed by atoms with van der Waals surface area (Å²) < 4.78 is 11.5. The number of hydrogen-bond donors (Lipinski definition) is 2. The maximum absolute atomic E-state index is 5.57. The number of hydrazine groups is 1. The van der Waals surface area contributed by atoms with E-state index in [2.05, 4.69) is 31.3 Å². The van der Waals surface area contributed by atoms with E-state index < -0.39 is 0 Å². The van der Waals surface area contributed by atoms with Gasteiger partial charge >= 0.3 is 0 Å². The van der Waals surface area contributed by atoms with Crippen LogP contribution in [0.25, 0.3) is 11.4 Å². The van der Waals surface area contributed by atoms with E-state index in [-0.39, 0.29) is 0 Å². The van der Waals surface area contributed by atoms with Crippen molar-refractivity contribution in [1.82, 2.24) is 9.97 Å². The van der Waals surface area contributed by atoms with E-state index in [1.165, 1.54) is 0 Å². The van der Waals surface area contributed by atoms with Gasteiger partial charge in [0.2, 0.25) is 0 Å². The number of rotatable bonds is 3.